The monoisotopic (exact) mass is 225 g/mol. The van der Waals surface area contributed by atoms with Crippen LogP contribution >= 0.6 is 0 Å². The first-order valence-electron chi connectivity index (χ1n) is 7.17. The second-order valence-corrected chi connectivity index (χ2v) is 4.97. The summed E-state index contributed by atoms with van der Waals surface area (Å²) in [5.41, 5.74) is 5.47. The van der Waals surface area contributed by atoms with Gasteiger partial charge in [0.25, 0.3) is 0 Å². The minimum Gasteiger partial charge on any atom is -0.330 e. The molecule has 1 rings (SSSR count). The normalized spacial score (nSPS) is 17.8. The van der Waals surface area contributed by atoms with Crippen molar-refractivity contribution in [3.63, 3.8) is 0 Å². The van der Waals surface area contributed by atoms with Crippen LogP contribution in [0.4, 0.5) is 0 Å². The third-order valence-corrected chi connectivity index (χ3v) is 3.48. The Morgan fingerprint density at radius 3 is 2.00 bits per heavy atom. The number of piperidine rings is 1. The zero-order chi connectivity index (χ0) is 11.5. The fourth-order valence-corrected chi connectivity index (χ4v) is 2.39. The first kappa shape index (κ1) is 14.0. The summed E-state index contributed by atoms with van der Waals surface area (Å²) >= 11 is 0. The molecule has 0 aromatic heterocycles. The Labute approximate surface area is 102 Å². The third kappa shape index (κ3) is 7.24. The molecule has 2 heteroatoms. The van der Waals surface area contributed by atoms with Crippen LogP contribution in [0.25, 0.3) is 0 Å². The molecule has 0 aliphatic carbocycles. The molecule has 0 aromatic carbocycles. The molecular weight excluding hydrogens is 196 g/mol. The highest BCUT2D eigenvalue weighted by Crippen LogP contribution is 2.11. The number of likely N-dealkylation sites (tertiary alicyclic amines) is 1. The van der Waals surface area contributed by atoms with E-state index in [1.807, 2.05) is 0 Å². The predicted molar refractivity (Wildman–Crippen MR) is 71.3 cm³/mol. The molecule has 1 aliphatic heterocycles. The minimum atomic E-state index is 0.867. The van der Waals surface area contributed by atoms with E-state index in [9.17, 15) is 0 Å². The van der Waals surface area contributed by atoms with Crippen molar-refractivity contribution < 1.29 is 0 Å². The maximum Gasteiger partial charge on any atom is -0.00160 e. The minimum absolute atomic E-state index is 0.867. The zero-order valence-electron chi connectivity index (χ0n) is 10.8. The Kier molecular flexibility index (Phi) is 8.83. The quantitative estimate of drug-likeness (QED) is 0.611. The number of nitrogens with zero attached hydrogens (tertiary/aromatic N) is 1. The van der Waals surface area contributed by atoms with Crippen LogP contribution in [0.5, 0.6) is 0 Å². The molecule has 95 valence electrons. The molecule has 2 N–H and O–H groups in total. The second kappa shape index (κ2) is 10.1. The first-order chi connectivity index (χ1) is 7.93. The molecule has 1 heterocycles. The Bertz CT molecular complexity index is 142. The van der Waals surface area contributed by atoms with Gasteiger partial charge in [-0.2, -0.15) is 0 Å². The van der Waals surface area contributed by atoms with Gasteiger partial charge in [0.15, 0.2) is 0 Å². The van der Waals surface area contributed by atoms with E-state index in [4.69, 9.17) is 5.73 Å². The molecule has 16 heavy (non-hydrogen) atoms. The maximum absolute atomic E-state index is 5.47. The van der Waals surface area contributed by atoms with Gasteiger partial charge in [-0.3, -0.25) is 0 Å². The van der Waals surface area contributed by atoms with E-state index in [-0.39, 0.29) is 0 Å². The Hall–Kier alpha value is -0.0800. The zero-order valence-corrected chi connectivity index (χ0v) is 10.8. The molecule has 1 aliphatic rings. The molecule has 0 spiro atoms. The van der Waals surface area contributed by atoms with Crippen LogP contribution in [0.15, 0.2) is 0 Å². The van der Waals surface area contributed by atoms with Gasteiger partial charge in [0.05, 0.1) is 0 Å². The Balaban J connectivity index is 1.77. The van der Waals surface area contributed by atoms with E-state index in [2.05, 4.69) is 11.3 Å². The lowest BCUT2D eigenvalue weighted by atomic mass is 10.1. The maximum atomic E-state index is 5.47. The fraction of sp³-hybridized carbons (Fsp3) is 0.929. The van der Waals surface area contributed by atoms with Gasteiger partial charge < -0.3 is 10.6 Å². The van der Waals surface area contributed by atoms with Crippen molar-refractivity contribution >= 4 is 0 Å². The lowest BCUT2D eigenvalue weighted by molar-refractivity contribution is 0.248. The lowest BCUT2D eigenvalue weighted by Gasteiger charge is -2.26. The van der Waals surface area contributed by atoms with Gasteiger partial charge in [-0.05, 0) is 58.3 Å². The highest BCUT2D eigenvalue weighted by molar-refractivity contribution is 4.76. The number of rotatable bonds is 9. The summed E-state index contributed by atoms with van der Waals surface area (Å²) in [5.74, 6) is 0. The number of hydrogen-bond donors (Lipinski definition) is 1. The number of nitrogens with two attached hydrogens (primary N) is 1. The third-order valence-electron chi connectivity index (χ3n) is 3.48. The molecule has 1 radical (unpaired) electrons. The van der Waals surface area contributed by atoms with Crippen molar-refractivity contribution in [1.82, 2.24) is 4.90 Å². The second-order valence-electron chi connectivity index (χ2n) is 4.97. The van der Waals surface area contributed by atoms with Gasteiger partial charge in [0.1, 0.15) is 0 Å². The average molecular weight is 225 g/mol. The van der Waals surface area contributed by atoms with Crippen LogP contribution in [-0.4, -0.2) is 31.1 Å². The van der Waals surface area contributed by atoms with Crippen LogP contribution in [0.1, 0.15) is 57.8 Å². The molecule has 0 aromatic rings. The highest BCUT2D eigenvalue weighted by atomic mass is 15.1. The molecule has 1 fully saturated rings. The lowest BCUT2D eigenvalue weighted by Crippen LogP contribution is -2.30. The van der Waals surface area contributed by atoms with Crippen LogP contribution in [0.2, 0.25) is 0 Å². The summed E-state index contributed by atoms with van der Waals surface area (Å²) in [6, 6.07) is 0. The van der Waals surface area contributed by atoms with Gasteiger partial charge in [-0.1, -0.05) is 32.1 Å². The largest absolute Gasteiger partial charge is 0.330 e. The van der Waals surface area contributed by atoms with Crippen molar-refractivity contribution in [2.45, 2.75) is 57.8 Å². The summed E-state index contributed by atoms with van der Waals surface area (Å²) in [5, 5.41) is 0. The smallest absolute Gasteiger partial charge is 0.00160 e. The fourth-order valence-electron chi connectivity index (χ4n) is 2.39. The molecule has 1 saturated heterocycles. The summed E-state index contributed by atoms with van der Waals surface area (Å²) < 4.78 is 0. The van der Waals surface area contributed by atoms with E-state index >= 15 is 0 Å². The van der Waals surface area contributed by atoms with Crippen molar-refractivity contribution in [3.8, 4) is 0 Å². The summed E-state index contributed by atoms with van der Waals surface area (Å²) in [6.07, 6.45) is 14.6. The van der Waals surface area contributed by atoms with E-state index in [1.165, 1.54) is 77.4 Å². The number of unbranched alkanes of at least 4 members (excludes halogenated alkanes) is 6. The van der Waals surface area contributed by atoms with Crippen molar-refractivity contribution in [2.75, 3.05) is 26.2 Å². The molecule has 0 saturated carbocycles. The molecule has 0 amide bonds. The van der Waals surface area contributed by atoms with Gasteiger partial charge in [-0.25, -0.2) is 0 Å². The molecular formula is C14H29N2. The molecule has 0 bridgehead atoms. The number of hydrogen-bond acceptors (Lipinski definition) is 2. The van der Waals surface area contributed by atoms with E-state index in [0.29, 0.717) is 0 Å². The molecule has 0 unspecified atom stereocenters. The van der Waals surface area contributed by atoms with E-state index < -0.39 is 0 Å². The van der Waals surface area contributed by atoms with Gasteiger partial charge in [-0.15, -0.1) is 0 Å². The van der Waals surface area contributed by atoms with Crippen molar-refractivity contribution in [3.05, 3.63) is 6.42 Å². The molecule has 2 nitrogen and oxygen atoms in total. The average Bonchev–Trinajstić information content (AvgIpc) is 2.34. The standard InChI is InChI=1S/C14H29N2/c15-11-7-4-2-1-3-5-8-12-16-13-9-6-10-14-16/h6H,1-5,7-15H2. The first-order valence-corrected chi connectivity index (χ1v) is 7.17. The summed E-state index contributed by atoms with van der Waals surface area (Å²) in [4.78, 5) is 2.62. The van der Waals surface area contributed by atoms with Gasteiger partial charge >= 0.3 is 0 Å². The van der Waals surface area contributed by atoms with E-state index in [1.54, 1.807) is 0 Å². The molecule has 0 atom stereocenters. The predicted octanol–water partition coefficient (Wildman–Crippen LogP) is 2.98. The van der Waals surface area contributed by atoms with E-state index in [0.717, 1.165) is 6.54 Å². The highest BCUT2D eigenvalue weighted by Gasteiger charge is 2.08. The summed E-state index contributed by atoms with van der Waals surface area (Å²) in [6.45, 7) is 4.80. The van der Waals surface area contributed by atoms with Crippen LogP contribution in [-0.2, 0) is 0 Å². The van der Waals surface area contributed by atoms with Gasteiger partial charge in [0.2, 0.25) is 0 Å². The Morgan fingerprint density at radius 1 is 0.812 bits per heavy atom. The van der Waals surface area contributed by atoms with Crippen molar-refractivity contribution in [1.29, 1.82) is 0 Å². The van der Waals surface area contributed by atoms with Crippen LogP contribution in [0.3, 0.4) is 0 Å². The van der Waals surface area contributed by atoms with Crippen LogP contribution in [0, 0.1) is 6.42 Å². The van der Waals surface area contributed by atoms with Crippen molar-refractivity contribution in [2.24, 2.45) is 5.73 Å². The summed E-state index contributed by atoms with van der Waals surface area (Å²) in [7, 11) is 0. The van der Waals surface area contributed by atoms with Gasteiger partial charge in [0, 0.05) is 0 Å². The van der Waals surface area contributed by atoms with Crippen LogP contribution < -0.4 is 5.73 Å². The Morgan fingerprint density at radius 2 is 1.38 bits per heavy atom. The SMILES string of the molecule is NCCCCCCCCCN1CC[CH]CC1. The topological polar surface area (TPSA) is 29.3 Å².